The van der Waals surface area contributed by atoms with Gasteiger partial charge in [-0.3, -0.25) is 0 Å². The second-order valence-corrected chi connectivity index (χ2v) is 2.36. The highest BCUT2D eigenvalue weighted by atomic mass is 16.7. The number of benzene rings is 1. The molecule has 0 amide bonds. The number of hydrogen-bond acceptors (Lipinski definition) is 4. The van der Waals surface area contributed by atoms with Crippen molar-refractivity contribution in [2.75, 3.05) is 6.79 Å². The van der Waals surface area contributed by atoms with Gasteiger partial charge in [-0.25, -0.2) is 4.79 Å². The van der Waals surface area contributed by atoms with Crippen LogP contribution in [0.3, 0.4) is 0 Å². The predicted octanol–water partition coefficient (Wildman–Crippen LogP) is 1.47. The molecule has 5 nitrogen and oxygen atoms in total. The van der Waals surface area contributed by atoms with E-state index in [2.05, 4.69) is 4.74 Å². The molecule has 1 aromatic rings. The molecule has 0 aromatic heterocycles. The molecule has 1 aliphatic heterocycles. The third-order valence-corrected chi connectivity index (χ3v) is 1.56. The Morgan fingerprint density at radius 1 is 1.46 bits per heavy atom. The van der Waals surface area contributed by atoms with E-state index in [1.165, 1.54) is 6.07 Å². The fourth-order valence-electron chi connectivity index (χ4n) is 1.08. The van der Waals surface area contributed by atoms with Gasteiger partial charge in [0.05, 0.1) is 0 Å². The topological polar surface area (TPSA) is 65.0 Å². The van der Waals surface area contributed by atoms with E-state index in [1.807, 2.05) is 0 Å². The van der Waals surface area contributed by atoms with E-state index in [4.69, 9.17) is 14.6 Å². The zero-order valence-corrected chi connectivity index (χ0v) is 6.52. The van der Waals surface area contributed by atoms with E-state index in [0.29, 0.717) is 11.5 Å². The average Bonchev–Trinajstić information content (AvgIpc) is 2.51. The molecule has 0 saturated carbocycles. The first-order chi connectivity index (χ1) is 6.27. The monoisotopic (exact) mass is 182 g/mol. The number of hydrogen-bond donors (Lipinski definition) is 1. The fraction of sp³-hybridized carbons (Fsp3) is 0.125. The maximum absolute atomic E-state index is 10.2. The van der Waals surface area contributed by atoms with Gasteiger partial charge in [-0.05, 0) is 12.1 Å². The molecule has 1 heterocycles. The van der Waals surface area contributed by atoms with Crippen LogP contribution < -0.4 is 14.2 Å². The molecule has 0 atom stereocenters. The van der Waals surface area contributed by atoms with Crippen LogP contribution in [0.15, 0.2) is 18.2 Å². The van der Waals surface area contributed by atoms with Crippen LogP contribution in [0.4, 0.5) is 4.79 Å². The third kappa shape index (κ3) is 1.35. The molecule has 0 bridgehead atoms. The first-order valence-electron chi connectivity index (χ1n) is 3.57. The van der Waals surface area contributed by atoms with Gasteiger partial charge in [0, 0.05) is 0 Å². The van der Waals surface area contributed by atoms with Gasteiger partial charge >= 0.3 is 6.16 Å². The second kappa shape index (κ2) is 2.85. The zero-order valence-electron chi connectivity index (χ0n) is 6.52. The molecular formula is C8H6O5. The molecule has 1 aromatic carbocycles. The van der Waals surface area contributed by atoms with E-state index in [0.717, 1.165) is 0 Å². The normalized spacial score (nSPS) is 12.6. The number of ether oxygens (including phenoxy) is 3. The van der Waals surface area contributed by atoms with Crippen LogP contribution in [0.2, 0.25) is 0 Å². The molecule has 68 valence electrons. The van der Waals surface area contributed by atoms with Gasteiger partial charge < -0.3 is 19.3 Å². The van der Waals surface area contributed by atoms with Gasteiger partial charge in [-0.1, -0.05) is 6.07 Å². The van der Waals surface area contributed by atoms with Crippen molar-refractivity contribution in [2.45, 2.75) is 0 Å². The van der Waals surface area contributed by atoms with Gasteiger partial charge in [0.1, 0.15) is 0 Å². The third-order valence-electron chi connectivity index (χ3n) is 1.56. The Morgan fingerprint density at radius 3 is 3.08 bits per heavy atom. The van der Waals surface area contributed by atoms with Gasteiger partial charge in [0.15, 0.2) is 11.5 Å². The highest BCUT2D eigenvalue weighted by molar-refractivity contribution is 5.65. The average molecular weight is 182 g/mol. The van der Waals surface area contributed by atoms with Crippen molar-refractivity contribution in [2.24, 2.45) is 0 Å². The largest absolute Gasteiger partial charge is 0.511 e. The SMILES string of the molecule is O=C(O)Oc1cccc2c1OCO2. The lowest BCUT2D eigenvalue weighted by Crippen LogP contribution is -2.03. The smallest absolute Gasteiger partial charge is 0.453 e. The summed E-state index contributed by atoms with van der Waals surface area (Å²) in [6.07, 6.45) is -1.37. The number of carbonyl (C=O) groups is 1. The molecule has 0 radical (unpaired) electrons. The minimum Gasteiger partial charge on any atom is -0.453 e. The highest BCUT2D eigenvalue weighted by Gasteiger charge is 2.19. The van der Waals surface area contributed by atoms with Crippen molar-refractivity contribution < 1.29 is 24.1 Å². The Morgan fingerprint density at radius 2 is 2.31 bits per heavy atom. The van der Waals surface area contributed by atoms with E-state index in [9.17, 15) is 4.79 Å². The number of para-hydroxylation sites is 1. The first kappa shape index (κ1) is 7.72. The van der Waals surface area contributed by atoms with Crippen LogP contribution in [0.5, 0.6) is 17.2 Å². The maximum Gasteiger partial charge on any atom is 0.511 e. The van der Waals surface area contributed by atoms with Gasteiger partial charge in [-0.15, -0.1) is 0 Å². The van der Waals surface area contributed by atoms with Crippen molar-refractivity contribution in [1.82, 2.24) is 0 Å². The van der Waals surface area contributed by atoms with E-state index in [-0.39, 0.29) is 12.5 Å². The van der Waals surface area contributed by atoms with Crippen LogP contribution in [0, 0.1) is 0 Å². The highest BCUT2D eigenvalue weighted by Crippen LogP contribution is 2.40. The summed E-state index contributed by atoms with van der Waals surface area (Å²) in [6, 6.07) is 4.81. The summed E-state index contributed by atoms with van der Waals surface area (Å²) in [4.78, 5) is 10.2. The Hall–Kier alpha value is -1.91. The quantitative estimate of drug-likeness (QED) is 0.526. The summed E-state index contributed by atoms with van der Waals surface area (Å²) >= 11 is 0. The summed E-state index contributed by atoms with van der Waals surface area (Å²) in [5, 5.41) is 8.38. The molecular weight excluding hydrogens is 176 g/mol. The molecule has 0 spiro atoms. The molecule has 0 fully saturated rings. The molecule has 0 aliphatic carbocycles. The summed E-state index contributed by atoms with van der Waals surface area (Å²) in [7, 11) is 0. The van der Waals surface area contributed by atoms with Crippen LogP contribution in [0.25, 0.3) is 0 Å². The lowest BCUT2D eigenvalue weighted by molar-refractivity contribution is 0.139. The lowest BCUT2D eigenvalue weighted by atomic mass is 10.3. The summed E-state index contributed by atoms with van der Waals surface area (Å²) < 4.78 is 14.5. The Kier molecular flexibility index (Phi) is 1.70. The van der Waals surface area contributed by atoms with Crippen molar-refractivity contribution in [3.8, 4) is 17.2 Å². The number of carboxylic acid groups (broad SMARTS) is 1. The Labute approximate surface area is 73.5 Å². The zero-order chi connectivity index (χ0) is 9.26. The molecule has 13 heavy (non-hydrogen) atoms. The fourth-order valence-corrected chi connectivity index (χ4v) is 1.08. The van der Waals surface area contributed by atoms with Crippen LogP contribution in [0.1, 0.15) is 0 Å². The molecule has 1 aliphatic rings. The van der Waals surface area contributed by atoms with Crippen LogP contribution in [-0.4, -0.2) is 18.1 Å². The summed E-state index contributed by atoms with van der Waals surface area (Å²) in [6.45, 7) is 0.0926. The summed E-state index contributed by atoms with van der Waals surface area (Å²) in [5.41, 5.74) is 0. The molecule has 5 heteroatoms. The van der Waals surface area contributed by atoms with Crippen molar-refractivity contribution >= 4 is 6.16 Å². The minimum atomic E-state index is -1.37. The lowest BCUT2D eigenvalue weighted by Gasteiger charge is -2.02. The van der Waals surface area contributed by atoms with E-state index in [1.54, 1.807) is 12.1 Å². The van der Waals surface area contributed by atoms with Crippen molar-refractivity contribution in [1.29, 1.82) is 0 Å². The molecule has 1 N–H and O–H groups in total. The van der Waals surface area contributed by atoms with Crippen molar-refractivity contribution in [3.63, 3.8) is 0 Å². The second-order valence-electron chi connectivity index (χ2n) is 2.36. The first-order valence-corrected chi connectivity index (χ1v) is 3.57. The molecule has 2 rings (SSSR count). The molecule has 0 unspecified atom stereocenters. The van der Waals surface area contributed by atoms with Gasteiger partial charge in [-0.2, -0.15) is 0 Å². The van der Waals surface area contributed by atoms with E-state index < -0.39 is 6.16 Å². The standard InChI is InChI=1S/C8H6O5/c9-8(10)13-6-3-1-2-5-7(6)12-4-11-5/h1-3H,4H2,(H,9,10). The number of rotatable bonds is 1. The van der Waals surface area contributed by atoms with Crippen LogP contribution >= 0.6 is 0 Å². The maximum atomic E-state index is 10.2. The minimum absolute atomic E-state index is 0.0926. The van der Waals surface area contributed by atoms with E-state index >= 15 is 0 Å². The van der Waals surface area contributed by atoms with Crippen LogP contribution in [-0.2, 0) is 0 Å². The number of fused-ring (bicyclic) bond motifs is 1. The Bertz CT molecular complexity index is 346. The predicted molar refractivity (Wildman–Crippen MR) is 41.2 cm³/mol. The Balaban J connectivity index is 2.36. The molecule has 0 saturated heterocycles. The van der Waals surface area contributed by atoms with Gasteiger partial charge in [0.25, 0.3) is 0 Å². The van der Waals surface area contributed by atoms with Crippen molar-refractivity contribution in [3.05, 3.63) is 18.2 Å². The summed E-state index contributed by atoms with van der Waals surface area (Å²) in [5.74, 6) is 0.992. The van der Waals surface area contributed by atoms with Gasteiger partial charge in [0.2, 0.25) is 12.5 Å².